The standard InChI is InChI=1S/C15H30N2O/c1-12(2)9-14(10-13(3)4)16-11-15(18)17-7-5-6-8-17/h12-14,16H,5-11H2,1-4H3. The maximum absolute atomic E-state index is 12.0. The van der Waals surface area contributed by atoms with E-state index in [-0.39, 0.29) is 5.91 Å². The molecule has 1 saturated heterocycles. The summed E-state index contributed by atoms with van der Waals surface area (Å²) in [5, 5.41) is 3.47. The minimum atomic E-state index is 0.282. The molecule has 1 aliphatic rings. The molecule has 1 fully saturated rings. The number of hydrogen-bond acceptors (Lipinski definition) is 2. The van der Waals surface area contributed by atoms with Gasteiger partial charge in [0.25, 0.3) is 0 Å². The molecule has 1 amide bonds. The Morgan fingerprint density at radius 1 is 1.06 bits per heavy atom. The van der Waals surface area contributed by atoms with E-state index in [0.29, 0.717) is 24.4 Å². The van der Waals surface area contributed by atoms with Crippen LogP contribution in [0.2, 0.25) is 0 Å². The number of nitrogens with one attached hydrogen (secondary N) is 1. The van der Waals surface area contributed by atoms with E-state index < -0.39 is 0 Å². The van der Waals surface area contributed by atoms with E-state index in [1.807, 2.05) is 4.90 Å². The molecule has 18 heavy (non-hydrogen) atoms. The lowest BCUT2D eigenvalue weighted by molar-refractivity contribution is -0.129. The number of nitrogens with zero attached hydrogens (tertiary/aromatic N) is 1. The number of carbonyl (C=O) groups excluding carboxylic acids is 1. The third kappa shape index (κ3) is 5.85. The Morgan fingerprint density at radius 2 is 1.56 bits per heavy atom. The summed E-state index contributed by atoms with van der Waals surface area (Å²) >= 11 is 0. The van der Waals surface area contributed by atoms with Crippen molar-refractivity contribution in [3.63, 3.8) is 0 Å². The number of rotatable bonds is 7. The number of carbonyl (C=O) groups is 1. The lowest BCUT2D eigenvalue weighted by Crippen LogP contribution is -2.41. The van der Waals surface area contributed by atoms with Gasteiger partial charge < -0.3 is 10.2 Å². The van der Waals surface area contributed by atoms with Crippen LogP contribution in [0.4, 0.5) is 0 Å². The molecule has 3 heteroatoms. The fourth-order valence-electron chi connectivity index (χ4n) is 2.71. The first kappa shape index (κ1) is 15.5. The second kappa shape index (κ2) is 7.78. The van der Waals surface area contributed by atoms with Gasteiger partial charge in [-0.15, -0.1) is 0 Å². The quantitative estimate of drug-likeness (QED) is 0.757. The van der Waals surface area contributed by atoms with Crippen LogP contribution in [0, 0.1) is 11.8 Å². The highest BCUT2D eigenvalue weighted by Crippen LogP contribution is 2.13. The average molecular weight is 254 g/mol. The van der Waals surface area contributed by atoms with Crippen LogP contribution < -0.4 is 5.32 Å². The van der Waals surface area contributed by atoms with Crippen molar-refractivity contribution in [1.82, 2.24) is 10.2 Å². The Labute approximate surface area is 112 Å². The third-order valence-electron chi connectivity index (χ3n) is 3.51. The van der Waals surface area contributed by atoms with E-state index in [9.17, 15) is 4.79 Å². The fraction of sp³-hybridized carbons (Fsp3) is 0.933. The molecule has 0 radical (unpaired) electrons. The van der Waals surface area contributed by atoms with Crippen molar-refractivity contribution in [2.24, 2.45) is 11.8 Å². The summed E-state index contributed by atoms with van der Waals surface area (Å²) in [6, 6.07) is 0.483. The van der Waals surface area contributed by atoms with E-state index in [0.717, 1.165) is 25.9 Å². The van der Waals surface area contributed by atoms with Crippen LogP contribution in [0.3, 0.4) is 0 Å². The van der Waals surface area contributed by atoms with Crippen molar-refractivity contribution >= 4 is 5.91 Å². The topological polar surface area (TPSA) is 32.3 Å². The van der Waals surface area contributed by atoms with Crippen LogP contribution in [0.15, 0.2) is 0 Å². The fourth-order valence-corrected chi connectivity index (χ4v) is 2.71. The Morgan fingerprint density at radius 3 is 2.00 bits per heavy atom. The van der Waals surface area contributed by atoms with Gasteiger partial charge in [-0.3, -0.25) is 4.79 Å². The van der Waals surface area contributed by atoms with E-state index in [1.54, 1.807) is 0 Å². The first-order valence-electron chi connectivity index (χ1n) is 7.50. The van der Waals surface area contributed by atoms with Crippen LogP contribution in [0.25, 0.3) is 0 Å². The van der Waals surface area contributed by atoms with E-state index in [4.69, 9.17) is 0 Å². The second-order valence-corrected chi connectivity index (χ2v) is 6.42. The highest BCUT2D eigenvalue weighted by Gasteiger charge is 2.19. The minimum Gasteiger partial charge on any atom is -0.342 e. The minimum absolute atomic E-state index is 0.282. The molecular weight excluding hydrogens is 224 g/mol. The Hall–Kier alpha value is -0.570. The molecule has 0 unspecified atom stereocenters. The largest absolute Gasteiger partial charge is 0.342 e. The van der Waals surface area contributed by atoms with E-state index >= 15 is 0 Å². The summed E-state index contributed by atoms with van der Waals surface area (Å²) < 4.78 is 0. The number of amides is 1. The van der Waals surface area contributed by atoms with Gasteiger partial charge in [-0.2, -0.15) is 0 Å². The van der Waals surface area contributed by atoms with Crippen LogP contribution in [0.1, 0.15) is 53.4 Å². The molecule has 106 valence electrons. The molecule has 0 atom stereocenters. The highest BCUT2D eigenvalue weighted by molar-refractivity contribution is 5.78. The SMILES string of the molecule is CC(C)CC(CC(C)C)NCC(=O)N1CCCC1. The molecule has 3 nitrogen and oxygen atoms in total. The first-order valence-corrected chi connectivity index (χ1v) is 7.50. The summed E-state index contributed by atoms with van der Waals surface area (Å²) in [5.74, 6) is 1.65. The normalized spacial score (nSPS) is 16.3. The second-order valence-electron chi connectivity index (χ2n) is 6.42. The van der Waals surface area contributed by atoms with Gasteiger partial charge in [-0.25, -0.2) is 0 Å². The van der Waals surface area contributed by atoms with Crippen molar-refractivity contribution in [3.05, 3.63) is 0 Å². The van der Waals surface area contributed by atoms with Gasteiger partial charge in [0.1, 0.15) is 0 Å². The smallest absolute Gasteiger partial charge is 0.236 e. The molecule has 0 spiro atoms. The molecule has 1 heterocycles. The lowest BCUT2D eigenvalue weighted by Gasteiger charge is -2.24. The summed E-state index contributed by atoms with van der Waals surface area (Å²) in [7, 11) is 0. The van der Waals surface area contributed by atoms with Crippen molar-refractivity contribution in [3.8, 4) is 0 Å². The van der Waals surface area contributed by atoms with Gasteiger partial charge in [-0.1, -0.05) is 27.7 Å². The average Bonchev–Trinajstić information content (AvgIpc) is 2.77. The Bertz CT molecular complexity index is 235. The maximum Gasteiger partial charge on any atom is 0.236 e. The third-order valence-corrected chi connectivity index (χ3v) is 3.51. The van der Waals surface area contributed by atoms with Gasteiger partial charge in [0.05, 0.1) is 6.54 Å². The van der Waals surface area contributed by atoms with Crippen LogP contribution >= 0.6 is 0 Å². The summed E-state index contributed by atoms with van der Waals surface area (Å²) in [5.41, 5.74) is 0. The zero-order valence-corrected chi connectivity index (χ0v) is 12.5. The monoisotopic (exact) mass is 254 g/mol. The number of likely N-dealkylation sites (tertiary alicyclic amines) is 1. The van der Waals surface area contributed by atoms with Crippen LogP contribution in [-0.4, -0.2) is 36.5 Å². The molecule has 0 bridgehead atoms. The van der Waals surface area contributed by atoms with Gasteiger partial charge in [0.2, 0.25) is 5.91 Å². The van der Waals surface area contributed by atoms with Gasteiger partial charge >= 0.3 is 0 Å². The predicted octanol–water partition coefficient (Wildman–Crippen LogP) is 2.66. The Balaban J connectivity index is 2.32. The van der Waals surface area contributed by atoms with Crippen molar-refractivity contribution in [1.29, 1.82) is 0 Å². The number of hydrogen-bond donors (Lipinski definition) is 1. The molecule has 0 aromatic heterocycles. The molecule has 1 rings (SSSR count). The van der Waals surface area contributed by atoms with Crippen molar-refractivity contribution < 1.29 is 4.79 Å². The molecule has 1 N–H and O–H groups in total. The van der Waals surface area contributed by atoms with Crippen molar-refractivity contribution in [2.75, 3.05) is 19.6 Å². The van der Waals surface area contributed by atoms with Gasteiger partial charge in [0, 0.05) is 19.1 Å². The van der Waals surface area contributed by atoms with Crippen LogP contribution in [-0.2, 0) is 4.79 Å². The van der Waals surface area contributed by atoms with E-state index in [2.05, 4.69) is 33.0 Å². The van der Waals surface area contributed by atoms with Gasteiger partial charge in [-0.05, 0) is 37.5 Å². The van der Waals surface area contributed by atoms with Crippen molar-refractivity contribution in [2.45, 2.75) is 59.4 Å². The lowest BCUT2D eigenvalue weighted by atomic mass is 9.95. The molecule has 0 aromatic carbocycles. The zero-order chi connectivity index (χ0) is 13.5. The first-order chi connectivity index (χ1) is 8.49. The predicted molar refractivity (Wildman–Crippen MR) is 76.5 cm³/mol. The summed E-state index contributed by atoms with van der Waals surface area (Å²) in [6.45, 7) is 11.4. The van der Waals surface area contributed by atoms with Gasteiger partial charge in [0.15, 0.2) is 0 Å². The molecule has 0 aromatic rings. The van der Waals surface area contributed by atoms with Crippen LogP contribution in [0.5, 0.6) is 0 Å². The molecular formula is C15H30N2O. The molecule has 0 aliphatic carbocycles. The summed E-state index contributed by atoms with van der Waals surface area (Å²) in [6.07, 6.45) is 4.66. The highest BCUT2D eigenvalue weighted by atomic mass is 16.2. The maximum atomic E-state index is 12.0. The summed E-state index contributed by atoms with van der Waals surface area (Å²) in [4.78, 5) is 14.0. The van der Waals surface area contributed by atoms with E-state index in [1.165, 1.54) is 12.8 Å². The Kier molecular flexibility index (Phi) is 6.69. The molecule has 0 saturated carbocycles. The zero-order valence-electron chi connectivity index (χ0n) is 12.5. The molecule has 1 aliphatic heterocycles.